The fourth-order valence-corrected chi connectivity index (χ4v) is 4.73. The number of rotatable bonds is 8. The minimum atomic E-state index is -4.53. The van der Waals surface area contributed by atoms with Crippen LogP contribution in [0.3, 0.4) is 0 Å². The fraction of sp³-hybridized carbons (Fsp3) is 0.250. The van der Waals surface area contributed by atoms with E-state index in [1.165, 1.54) is 39.1 Å². The van der Waals surface area contributed by atoms with Gasteiger partial charge in [0.1, 0.15) is 23.8 Å². The van der Waals surface area contributed by atoms with Crippen molar-refractivity contribution in [1.29, 1.82) is 0 Å². The lowest BCUT2D eigenvalue weighted by Crippen LogP contribution is -2.20. The van der Waals surface area contributed by atoms with Gasteiger partial charge in [-0.3, -0.25) is 0 Å². The molecule has 3 rings (SSSR count). The van der Waals surface area contributed by atoms with Gasteiger partial charge in [0.2, 0.25) is 10.0 Å². The number of anilines is 4. The van der Waals surface area contributed by atoms with E-state index in [0.29, 0.717) is 6.20 Å². The lowest BCUT2D eigenvalue weighted by atomic mass is 10.3. The highest BCUT2D eigenvalue weighted by Gasteiger charge is 2.30. The van der Waals surface area contributed by atoms with E-state index in [1.807, 2.05) is 0 Å². The molecule has 2 aromatic heterocycles. The summed E-state index contributed by atoms with van der Waals surface area (Å²) in [6, 6.07) is 6.85. The zero-order chi connectivity index (χ0) is 26.0. The second-order valence-electron chi connectivity index (χ2n) is 7.43. The number of alkyl halides is 3. The maximum atomic E-state index is 12.8. The molecule has 2 heterocycles. The summed E-state index contributed by atoms with van der Waals surface area (Å²) in [6.07, 6.45) is -2.74. The van der Waals surface area contributed by atoms with Gasteiger partial charge in [-0.1, -0.05) is 0 Å². The summed E-state index contributed by atoms with van der Waals surface area (Å²) in [6.45, 7) is 2.97. The molecule has 0 fully saturated rings. The number of hydrogen-bond acceptors (Lipinski definition) is 9. The molecule has 0 amide bonds. The summed E-state index contributed by atoms with van der Waals surface area (Å²) >= 11 is 0. The molecular formula is C20H21F3N6O4S2. The lowest BCUT2D eigenvalue weighted by Gasteiger charge is -2.16. The van der Waals surface area contributed by atoms with Crippen LogP contribution in [-0.2, 0) is 26.0 Å². The van der Waals surface area contributed by atoms with Gasteiger partial charge in [-0.25, -0.2) is 36.5 Å². The Kier molecular flexibility index (Phi) is 7.33. The second-order valence-corrected chi connectivity index (χ2v) is 11.8. The number of hydrogen-bond donors (Lipinski definition) is 3. The summed E-state index contributed by atoms with van der Waals surface area (Å²) in [5.41, 5.74) is -0.948. The van der Waals surface area contributed by atoms with Crippen LogP contribution >= 0.6 is 0 Å². The minimum absolute atomic E-state index is 0.0349. The number of sulfone groups is 1. The standard InChI is InChI=1S/C20H21F3N6O4S2/c1-12(2)34(30,31)16-6-5-14(35(32,33)24-3)8-15(16)28-18-9-19(27-11-26-18)29-17-7-4-13(10-25-17)20(21,22)23/h4-12,24H,1-3H3,(H2,25,26,27,28,29). The largest absolute Gasteiger partial charge is 0.417 e. The van der Waals surface area contributed by atoms with Gasteiger partial charge in [-0.15, -0.1) is 0 Å². The Morgan fingerprint density at radius 3 is 2.06 bits per heavy atom. The molecule has 3 N–H and O–H groups in total. The van der Waals surface area contributed by atoms with Crippen LogP contribution in [0.4, 0.5) is 36.3 Å². The number of nitrogens with zero attached hydrogens (tertiary/aromatic N) is 3. The van der Waals surface area contributed by atoms with E-state index in [0.717, 1.165) is 24.5 Å². The van der Waals surface area contributed by atoms with Gasteiger partial charge >= 0.3 is 6.18 Å². The normalized spacial score (nSPS) is 12.5. The van der Waals surface area contributed by atoms with E-state index in [1.54, 1.807) is 0 Å². The molecule has 0 spiro atoms. The van der Waals surface area contributed by atoms with Crippen molar-refractivity contribution in [1.82, 2.24) is 19.7 Å². The number of halogens is 3. The first kappa shape index (κ1) is 26.3. The molecule has 0 bridgehead atoms. The van der Waals surface area contributed by atoms with E-state index in [9.17, 15) is 30.0 Å². The van der Waals surface area contributed by atoms with Crippen molar-refractivity contribution in [2.45, 2.75) is 35.1 Å². The quantitative estimate of drug-likeness (QED) is 0.399. The number of aromatic nitrogens is 3. The van der Waals surface area contributed by atoms with Gasteiger partial charge < -0.3 is 10.6 Å². The minimum Gasteiger partial charge on any atom is -0.339 e. The lowest BCUT2D eigenvalue weighted by molar-refractivity contribution is -0.137. The van der Waals surface area contributed by atoms with Crippen molar-refractivity contribution in [2.24, 2.45) is 0 Å². The monoisotopic (exact) mass is 530 g/mol. The van der Waals surface area contributed by atoms with Gasteiger partial charge in [0, 0.05) is 12.3 Å². The highest BCUT2D eigenvalue weighted by Crippen LogP contribution is 2.31. The molecular weight excluding hydrogens is 509 g/mol. The molecule has 0 saturated carbocycles. The fourth-order valence-electron chi connectivity index (χ4n) is 2.79. The third-order valence-corrected chi connectivity index (χ3v) is 8.36. The molecule has 0 saturated heterocycles. The van der Waals surface area contributed by atoms with Crippen LogP contribution in [0.25, 0.3) is 0 Å². The van der Waals surface area contributed by atoms with Crippen molar-refractivity contribution in [2.75, 3.05) is 17.7 Å². The van der Waals surface area contributed by atoms with Gasteiger partial charge in [-0.2, -0.15) is 13.2 Å². The van der Waals surface area contributed by atoms with Crippen LogP contribution in [-0.4, -0.2) is 44.1 Å². The van der Waals surface area contributed by atoms with Crippen LogP contribution in [0.15, 0.2) is 58.7 Å². The Morgan fingerprint density at radius 2 is 1.51 bits per heavy atom. The molecule has 0 atom stereocenters. The molecule has 0 aliphatic carbocycles. The van der Waals surface area contributed by atoms with Crippen LogP contribution in [0.2, 0.25) is 0 Å². The molecule has 3 aromatic rings. The number of sulfonamides is 1. The van der Waals surface area contributed by atoms with E-state index in [2.05, 4.69) is 30.3 Å². The molecule has 188 valence electrons. The zero-order valence-corrected chi connectivity index (χ0v) is 20.3. The molecule has 35 heavy (non-hydrogen) atoms. The SMILES string of the molecule is CNS(=O)(=O)c1ccc(S(=O)(=O)C(C)C)c(Nc2cc(Nc3ccc(C(F)(F)F)cn3)ncn2)c1. The maximum Gasteiger partial charge on any atom is 0.417 e. The zero-order valence-electron chi connectivity index (χ0n) is 18.6. The maximum absolute atomic E-state index is 12.8. The number of benzene rings is 1. The Balaban J connectivity index is 1.96. The van der Waals surface area contributed by atoms with Crippen molar-refractivity contribution < 1.29 is 30.0 Å². The first-order valence-electron chi connectivity index (χ1n) is 9.95. The summed E-state index contributed by atoms with van der Waals surface area (Å²) in [5, 5.41) is 4.73. The van der Waals surface area contributed by atoms with Gasteiger partial charge in [0.05, 0.1) is 26.3 Å². The summed E-state index contributed by atoms with van der Waals surface area (Å²) in [7, 11) is -6.47. The van der Waals surface area contributed by atoms with Crippen LogP contribution in [0, 0.1) is 0 Å². The van der Waals surface area contributed by atoms with Gasteiger partial charge in [-0.05, 0) is 51.2 Å². The van der Waals surface area contributed by atoms with E-state index in [4.69, 9.17) is 0 Å². The predicted molar refractivity (Wildman–Crippen MR) is 123 cm³/mol. The van der Waals surface area contributed by atoms with E-state index in [-0.39, 0.29) is 32.9 Å². The average Bonchev–Trinajstić information content (AvgIpc) is 2.79. The Morgan fingerprint density at radius 1 is 0.857 bits per heavy atom. The van der Waals surface area contributed by atoms with E-state index >= 15 is 0 Å². The van der Waals surface area contributed by atoms with Gasteiger partial charge in [0.25, 0.3) is 0 Å². The summed E-state index contributed by atoms with van der Waals surface area (Å²) in [5.74, 6) is 0.309. The van der Waals surface area contributed by atoms with Crippen molar-refractivity contribution in [3.8, 4) is 0 Å². The molecule has 0 radical (unpaired) electrons. The average molecular weight is 531 g/mol. The van der Waals surface area contributed by atoms with Crippen molar-refractivity contribution in [3.05, 3.63) is 54.5 Å². The highest BCUT2D eigenvalue weighted by molar-refractivity contribution is 7.92. The number of nitrogens with one attached hydrogen (secondary N) is 3. The van der Waals surface area contributed by atoms with Crippen LogP contribution in [0.5, 0.6) is 0 Å². The third kappa shape index (κ3) is 6.04. The molecule has 10 nitrogen and oxygen atoms in total. The van der Waals surface area contributed by atoms with Crippen molar-refractivity contribution >= 4 is 43.0 Å². The second kappa shape index (κ2) is 9.75. The molecule has 15 heteroatoms. The first-order valence-corrected chi connectivity index (χ1v) is 13.0. The van der Waals surface area contributed by atoms with Crippen molar-refractivity contribution in [3.63, 3.8) is 0 Å². The third-order valence-electron chi connectivity index (χ3n) is 4.73. The highest BCUT2D eigenvalue weighted by atomic mass is 32.2. The summed E-state index contributed by atoms with van der Waals surface area (Å²) < 4.78 is 90.5. The van der Waals surface area contributed by atoms with E-state index < -0.39 is 36.9 Å². The molecule has 0 aliphatic heterocycles. The Labute approximate surface area is 200 Å². The molecule has 1 aromatic carbocycles. The molecule has 0 aliphatic rings. The van der Waals surface area contributed by atoms with Gasteiger partial charge in [0.15, 0.2) is 9.84 Å². The Hall–Kier alpha value is -3.30. The first-order chi connectivity index (χ1) is 16.2. The number of pyridine rings is 1. The predicted octanol–water partition coefficient (Wildman–Crippen LogP) is 3.47. The summed E-state index contributed by atoms with van der Waals surface area (Å²) in [4.78, 5) is 11.4. The molecule has 0 unspecified atom stereocenters. The topological polar surface area (TPSA) is 143 Å². The van der Waals surface area contributed by atoms with Crippen LogP contribution in [0.1, 0.15) is 19.4 Å². The smallest absolute Gasteiger partial charge is 0.339 e. The Bertz CT molecular complexity index is 1430. The van der Waals surface area contributed by atoms with Crippen LogP contribution < -0.4 is 15.4 Å².